The van der Waals surface area contributed by atoms with E-state index in [-0.39, 0.29) is 0 Å². The summed E-state index contributed by atoms with van der Waals surface area (Å²) < 4.78 is 14.2. The van der Waals surface area contributed by atoms with E-state index in [9.17, 15) is 0 Å². The average Bonchev–Trinajstić information content (AvgIpc) is 3.89. The van der Waals surface area contributed by atoms with E-state index >= 15 is 0 Å². The first-order chi connectivity index (χ1) is 26.5. The molecule has 0 fully saturated rings. The van der Waals surface area contributed by atoms with Gasteiger partial charge in [0.25, 0.3) is 0 Å². The van der Waals surface area contributed by atoms with Gasteiger partial charge >= 0.3 is 0 Å². The fourth-order valence-corrected chi connectivity index (χ4v) is 13.5. The Hall–Kier alpha value is -3.64. The Balaban J connectivity index is 0.754. The molecule has 268 valence electrons. The monoisotopic (exact) mass is 816 g/mol. The number of rotatable bonds is 12. The predicted molar refractivity (Wildman–Crippen MR) is 234 cm³/mol. The van der Waals surface area contributed by atoms with Crippen LogP contribution < -0.4 is 18.3 Å². The molecular formula is C44H40N4S6+4. The first-order valence-corrected chi connectivity index (χ1v) is 23.0. The molecule has 2 aliphatic heterocycles. The molecule has 0 atom stereocenters. The molecule has 0 amide bonds. The van der Waals surface area contributed by atoms with Gasteiger partial charge in [-0.15, -0.1) is 23.5 Å². The molecule has 0 bridgehead atoms. The van der Waals surface area contributed by atoms with Crippen LogP contribution in [0.2, 0.25) is 0 Å². The number of aromatic nitrogens is 4. The van der Waals surface area contributed by atoms with Gasteiger partial charge in [-0.1, -0.05) is 95.6 Å². The number of thioether (sulfide) groups is 6. The van der Waals surface area contributed by atoms with Crippen molar-refractivity contribution in [2.45, 2.75) is 24.6 Å². The highest BCUT2D eigenvalue weighted by molar-refractivity contribution is 8.39. The highest BCUT2D eigenvalue weighted by atomic mass is 32.2. The van der Waals surface area contributed by atoms with Gasteiger partial charge in [0.2, 0.25) is 0 Å². The number of hydrogen-bond donors (Lipinski definition) is 0. The lowest BCUT2D eigenvalue weighted by molar-refractivity contribution is -0.688. The average molecular weight is 817 g/mol. The molecule has 8 rings (SSSR count). The van der Waals surface area contributed by atoms with E-state index in [2.05, 4.69) is 176 Å². The predicted octanol–water partition coefficient (Wildman–Crippen LogP) is 10.2. The zero-order valence-corrected chi connectivity index (χ0v) is 35.0. The third-order valence-electron chi connectivity index (χ3n) is 9.02. The molecule has 6 aromatic rings. The molecule has 0 saturated heterocycles. The van der Waals surface area contributed by atoms with E-state index in [1.165, 1.54) is 61.5 Å². The molecule has 4 aromatic heterocycles. The normalized spacial score (nSPS) is 15.4. The van der Waals surface area contributed by atoms with Crippen LogP contribution in [0.15, 0.2) is 174 Å². The lowest BCUT2D eigenvalue weighted by Gasteiger charge is -2.06. The van der Waals surface area contributed by atoms with Crippen LogP contribution in [0, 0.1) is 0 Å². The standard InChI is InChI=1S/C44H40N4S6/c1-45-19-11-37(12-20-45)39-15-23-47(24-16-39)27-33-3-7-35(8-4-33)29-49-41-31-51-43(53-41)44-52-32-42(54-44)50-30-36-9-5-34(6-10-36)28-48-25-17-40(18-26-48)38-13-21-46(2)22-14-38/h3-26,31-32H,27-30H2,1-2H3/q+4. The minimum atomic E-state index is 0.867. The van der Waals surface area contributed by atoms with Crippen molar-refractivity contribution in [3.05, 3.63) is 197 Å². The number of hydrogen-bond acceptors (Lipinski definition) is 6. The first kappa shape index (κ1) is 37.3. The van der Waals surface area contributed by atoms with Crippen LogP contribution in [0.25, 0.3) is 22.3 Å². The maximum Gasteiger partial charge on any atom is 0.173 e. The maximum atomic E-state index is 2.32. The molecule has 0 aliphatic carbocycles. The summed E-state index contributed by atoms with van der Waals surface area (Å²) in [6, 6.07) is 35.6. The molecule has 2 aliphatic rings. The molecule has 0 radical (unpaired) electrons. The lowest BCUT2D eigenvalue weighted by Crippen LogP contribution is -2.33. The second-order valence-electron chi connectivity index (χ2n) is 13.1. The highest BCUT2D eigenvalue weighted by Gasteiger charge is 2.22. The summed E-state index contributed by atoms with van der Waals surface area (Å²) in [5.74, 6) is 1.96. The number of nitrogens with zero attached hydrogens (tertiary/aromatic N) is 4. The second kappa shape index (κ2) is 17.9. The lowest BCUT2D eigenvalue weighted by atomic mass is 10.1. The van der Waals surface area contributed by atoms with Crippen LogP contribution in [0.3, 0.4) is 0 Å². The van der Waals surface area contributed by atoms with Crippen molar-refractivity contribution in [1.29, 1.82) is 0 Å². The third kappa shape index (κ3) is 9.96. The summed E-state index contributed by atoms with van der Waals surface area (Å²) in [7, 11) is 4.09. The number of benzene rings is 2. The van der Waals surface area contributed by atoms with Gasteiger partial charge in [-0.3, -0.25) is 0 Å². The molecule has 6 heterocycles. The Morgan fingerprint density at radius 2 is 0.722 bits per heavy atom. The Bertz CT molecular complexity index is 2140. The van der Waals surface area contributed by atoms with Crippen molar-refractivity contribution in [2.75, 3.05) is 0 Å². The van der Waals surface area contributed by atoms with Gasteiger partial charge in [-0.05, 0) is 44.2 Å². The van der Waals surface area contributed by atoms with Crippen LogP contribution in [0.4, 0.5) is 0 Å². The van der Waals surface area contributed by atoms with E-state index in [1.54, 1.807) is 0 Å². The summed E-state index contributed by atoms with van der Waals surface area (Å²) in [4.78, 5) is 0. The quantitative estimate of drug-likeness (QED) is 0.114. The highest BCUT2D eigenvalue weighted by Crippen LogP contribution is 2.59. The molecule has 0 spiro atoms. The molecule has 10 heteroatoms. The van der Waals surface area contributed by atoms with E-state index < -0.39 is 0 Å². The maximum absolute atomic E-state index is 2.32. The van der Waals surface area contributed by atoms with Crippen molar-refractivity contribution >= 4 is 70.6 Å². The minimum Gasteiger partial charge on any atom is -0.208 e. The Kier molecular flexibility index (Phi) is 12.3. The summed E-state index contributed by atoms with van der Waals surface area (Å²) in [6.45, 7) is 1.73. The third-order valence-corrected chi connectivity index (χ3v) is 17.1. The zero-order chi connectivity index (χ0) is 36.7. The molecule has 54 heavy (non-hydrogen) atoms. The largest absolute Gasteiger partial charge is 0.208 e. The fourth-order valence-electron chi connectivity index (χ4n) is 5.90. The van der Waals surface area contributed by atoms with Gasteiger partial charge in [-0.2, -0.15) is 0 Å². The van der Waals surface area contributed by atoms with Crippen LogP contribution in [-0.4, -0.2) is 0 Å². The van der Waals surface area contributed by atoms with Gasteiger partial charge in [0.05, 0.1) is 16.9 Å². The SMILES string of the molecule is C[n+]1ccc(-c2cc[n+](Cc3ccc(CSC4=CSC(=C5SC=C(SCc6ccc(C[n+]7ccc(-c8cc[n+](C)cc8)cc7)cc6)S5)S4)cc3)cc2)cc1. The molecular weight excluding hydrogens is 777 g/mol. The second-order valence-corrected chi connectivity index (χ2v) is 20.1. The van der Waals surface area contributed by atoms with Gasteiger partial charge in [0.15, 0.2) is 62.7 Å². The summed E-state index contributed by atoms with van der Waals surface area (Å²) in [5, 5.41) is 4.65. The van der Waals surface area contributed by atoms with E-state index in [4.69, 9.17) is 0 Å². The van der Waals surface area contributed by atoms with Crippen molar-refractivity contribution in [1.82, 2.24) is 0 Å². The van der Waals surface area contributed by atoms with Gasteiger partial charge in [0.1, 0.15) is 14.1 Å². The smallest absolute Gasteiger partial charge is 0.173 e. The van der Waals surface area contributed by atoms with Gasteiger partial charge in [0, 0.05) is 71.2 Å². The number of aryl methyl sites for hydroxylation is 2. The van der Waals surface area contributed by atoms with Crippen LogP contribution >= 0.6 is 70.6 Å². The van der Waals surface area contributed by atoms with Crippen molar-refractivity contribution in [3.8, 4) is 22.3 Å². The van der Waals surface area contributed by atoms with E-state index in [1.807, 2.05) is 84.7 Å². The van der Waals surface area contributed by atoms with Crippen LogP contribution in [0.1, 0.15) is 22.3 Å². The van der Waals surface area contributed by atoms with Crippen molar-refractivity contribution in [3.63, 3.8) is 0 Å². The van der Waals surface area contributed by atoms with Crippen LogP contribution in [0.5, 0.6) is 0 Å². The molecule has 0 saturated carbocycles. The van der Waals surface area contributed by atoms with Gasteiger partial charge < -0.3 is 0 Å². The molecule has 0 N–H and O–H groups in total. The molecule has 4 nitrogen and oxygen atoms in total. The minimum absolute atomic E-state index is 0.867. The fraction of sp³-hybridized carbons (Fsp3) is 0.136. The van der Waals surface area contributed by atoms with E-state index in [0.717, 1.165) is 24.6 Å². The Morgan fingerprint density at radius 1 is 0.407 bits per heavy atom. The van der Waals surface area contributed by atoms with Crippen molar-refractivity contribution in [2.24, 2.45) is 14.1 Å². The first-order valence-electron chi connectivity index (χ1n) is 17.6. The Labute approximate surface area is 343 Å². The summed E-state index contributed by atoms with van der Waals surface area (Å²) in [6.07, 6.45) is 17.0. The number of pyridine rings is 4. The zero-order valence-electron chi connectivity index (χ0n) is 30.1. The molecule has 2 aromatic carbocycles. The summed E-state index contributed by atoms with van der Waals surface area (Å²) >= 11 is 11.5. The van der Waals surface area contributed by atoms with E-state index in [0.29, 0.717) is 0 Å². The van der Waals surface area contributed by atoms with Crippen LogP contribution in [-0.2, 0) is 38.7 Å². The Morgan fingerprint density at radius 3 is 1.07 bits per heavy atom. The summed E-state index contributed by atoms with van der Waals surface area (Å²) in [5.41, 5.74) is 10.3. The topological polar surface area (TPSA) is 15.5 Å². The van der Waals surface area contributed by atoms with Gasteiger partial charge in [-0.25, -0.2) is 18.3 Å². The van der Waals surface area contributed by atoms with Crippen molar-refractivity contribution < 1.29 is 18.3 Å². The molecule has 0 unspecified atom stereocenters.